The molecule has 32 heavy (non-hydrogen) atoms. The molecule has 170 valence electrons. The lowest BCUT2D eigenvalue weighted by Gasteiger charge is -2.30. The fourth-order valence-corrected chi connectivity index (χ4v) is 6.43. The van der Waals surface area contributed by atoms with E-state index in [2.05, 4.69) is 22.8 Å². The molecule has 1 amide bonds. The molecule has 0 atom stereocenters. The molecule has 9 heteroatoms. The second-order valence-electron chi connectivity index (χ2n) is 7.67. The second kappa shape index (κ2) is 9.48. The summed E-state index contributed by atoms with van der Waals surface area (Å²) in [7, 11) is -0.701. The molecule has 1 fully saturated rings. The van der Waals surface area contributed by atoms with Crippen LogP contribution in [0.1, 0.15) is 18.4 Å². The molecular formula is C23H26N2O5S2. The van der Waals surface area contributed by atoms with Crippen LogP contribution in [0.5, 0.6) is 11.5 Å². The average Bonchev–Trinajstić information content (AvgIpc) is 3.25. The molecule has 0 unspecified atom stereocenters. The van der Waals surface area contributed by atoms with Crippen molar-refractivity contribution in [3.8, 4) is 11.5 Å². The van der Waals surface area contributed by atoms with E-state index < -0.39 is 10.0 Å². The first-order valence-corrected chi connectivity index (χ1v) is 12.7. The highest BCUT2D eigenvalue weighted by Crippen LogP contribution is 2.32. The summed E-state index contributed by atoms with van der Waals surface area (Å²) in [6, 6.07) is 12.7. The number of benzene rings is 2. The number of ether oxygens (including phenoxy) is 2. The molecular weight excluding hydrogens is 448 g/mol. The van der Waals surface area contributed by atoms with E-state index in [1.807, 2.05) is 12.1 Å². The van der Waals surface area contributed by atoms with Crippen LogP contribution in [0.25, 0.3) is 10.1 Å². The zero-order valence-corrected chi connectivity index (χ0v) is 19.7. The molecule has 1 saturated heterocycles. The van der Waals surface area contributed by atoms with Gasteiger partial charge in [-0.15, -0.1) is 11.3 Å². The van der Waals surface area contributed by atoms with Crippen molar-refractivity contribution in [1.29, 1.82) is 0 Å². The molecule has 0 aliphatic carbocycles. The number of piperidine rings is 1. The van der Waals surface area contributed by atoms with Gasteiger partial charge in [0.05, 0.1) is 19.1 Å². The molecule has 7 nitrogen and oxygen atoms in total. The van der Waals surface area contributed by atoms with Crippen molar-refractivity contribution < 1.29 is 22.7 Å². The van der Waals surface area contributed by atoms with Gasteiger partial charge in [0, 0.05) is 36.3 Å². The minimum absolute atomic E-state index is 0.0246. The standard InChI is InChI=1S/C23H26N2O5S2/c1-29-20-8-7-18(13-21(20)30-2)32(27,28)25-11-9-16(10-12-25)23(26)24-14-17-15-31-22-6-4-3-5-19(17)22/h3-8,13,15-16H,9-12,14H2,1-2H3,(H,24,26). The van der Waals surface area contributed by atoms with Gasteiger partial charge in [0.2, 0.25) is 15.9 Å². The van der Waals surface area contributed by atoms with Gasteiger partial charge in [0.15, 0.2) is 11.5 Å². The number of sulfonamides is 1. The Hall–Kier alpha value is -2.62. The first-order chi connectivity index (χ1) is 15.4. The average molecular weight is 475 g/mol. The van der Waals surface area contributed by atoms with Crippen LogP contribution in [0.4, 0.5) is 0 Å². The predicted molar refractivity (Wildman–Crippen MR) is 125 cm³/mol. The fraction of sp³-hybridized carbons (Fsp3) is 0.348. The summed E-state index contributed by atoms with van der Waals surface area (Å²) in [6.45, 7) is 1.08. The van der Waals surface area contributed by atoms with Gasteiger partial charge in [0.1, 0.15) is 0 Å². The summed E-state index contributed by atoms with van der Waals surface area (Å²) in [4.78, 5) is 12.9. The van der Waals surface area contributed by atoms with Crippen molar-refractivity contribution in [1.82, 2.24) is 9.62 Å². The molecule has 1 aromatic heterocycles. The molecule has 0 saturated carbocycles. The van der Waals surface area contributed by atoms with Crippen LogP contribution in [0, 0.1) is 5.92 Å². The number of rotatable bonds is 7. The highest BCUT2D eigenvalue weighted by Gasteiger charge is 2.32. The normalized spacial score (nSPS) is 15.6. The number of thiophene rings is 1. The lowest BCUT2D eigenvalue weighted by molar-refractivity contribution is -0.126. The third kappa shape index (κ3) is 4.46. The van der Waals surface area contributed by atoms with E-state index in [0.717, 1.165) is 10.9 Å². The molecule has 2 aromatic carbocycles. The Bertz CT molecular complexity index is 1210. The molecule has 0 spiro atoms. The van der Waals surface area contributed by atoms with Crippen molar-refractivity contribution in [3.05, 3.63) is 53.4 Å². The van der Waals surface area contributed by atoms with E-state index in [1.165, 1.54) is 35.4 Å². The Kier molecular flexibility index (Phi) is 6.68. The number of nitrogens with one attached hydrogen (secondary N) is 1. The maximum Gasteiger partial charge on any atom is 0.243 e. The minimum Gasteiger partial charge on any atom is -0.493 e. The topological polar surface area (TPSA) is 84.9 Å². The molecule has 1 N–H and O–H groups in total. The first kappa shape index (κ1) is 22.6. The summed E-state index contributed by atoms with van der Waals surface area (Å²) in [5.41, 5.74) is 1.10. The lowest BCUT2D eigenvalue weighted by atomic mass is 9.97. The Morgan fingerprint density at radius 2 is 1.81 bits per heavy atom. The lowest BCUT2D eigenvalue weighted by Crippen LogP contribution is -2.42. The number of methoxy groups -OCH3 is 2. The van der Waals surface area contributed by atoms with Crippen LogP contribution in [0.15, 0.2) is 52.7 Å². The summed E-state index contributed by atoms with van der Waals surface area (Å²) >= 11 is 1.67. The number of hydrogen-bond acceptors (Lipinski definition) is 6. The molecule has 0 bridgehead atoms. The van der Waals surface area contributed by atoms with Gasteiger partial charge >= 0.3 is 0 Å². The zero-order valence-electron chi connectivity index (χ0n) is 18.0. The molecule has 4 rings (SSSR count). The van der Waals surface area contributed by atoms with Gasteiger partial charge < -0.3 is 14.8 Å². The monoisotopic (exact) mass is 474 g/mol. The van der Waals surface area contributed by atoms with Crippen molar-refractivity contribution in [2.75, 3.05) is 27.3 Å². The predicted octanol–water partition coefficient (Wildman–Crippen LogP) is 3.64. The summed E-state index contributed by atoms with van der Waals surface area (Å²) in [5, 5.41) is 6.26. The SMILES string of the molecule is COc1ccc(S(=O)(=O)N2CCC(C(=O)NCc3csc4ccccc34)CC2)cc1OC. The van der Waals surface area contributed by atoms with Crippen molar-refractivity contribution in [2.45, 2.75) is 24.3 Å². The fourth-order valence-electron chi connectivity index (χ4n) is 3.98. The van der Waals surface area contributed by atoms with Crippen LogP contribution >= 0.6 is 11.3 Å². The van der Waals surface area contributed by atoms with Crippen molar-refractivity contribution in [3.63, 3.8) is 0 Å². The third-order valence-corrected chi connectivity index (χ3v) is 8.74. The highest BCUT2D eigenvalue weighted by atomic mass is 32.2. The van der Waals surface area contributed by atoms with E-state index in [1.54, 1.807) is 17.4 Å². The third-order valence-electron chi connectivity index (χ3n) is 5.83. The van der Waals surface area contributed by atoms with Crippen LogP contribution in [0.2, 0.25) is 0 Å². The largest absolute Gasteiger partial charge is 0.493 e. The van der Waals surface area contributed by atoms with Gasteiger partial charge in [-0.3, -0.25) is 4.79 Å². The van der Waals surface area contributed by atoms with Gasteiger partial charge in [-0.1, -0.05) is 18.2 Å². The Morgan fingerprint density at radius 1 is 1.09 bits per heavy atom. The maximum absolute atomic E-state index is 13.1. The smallest absolute Gasteiger partial charge is 0.243 e. The zero-order chi connectivity index (χ0) is 22.7. The van der Waals surface area contributed by atoms with Crippen LogP contribution in [-0.2, 0) is 21.4 Å². The molecule has 0 radical (unpaired) electrons. The summed E-state index contributed by atoms with van der Waals surface area (Å²) in [5.74, 6) is 0.615. The summed E-state index contributed by atoms with van der Waals surface area (Å²) in [6.07, 6.45) is 0.978. The van der Waals surface area contributed by atoms with Gasteiger partial charge in [-0.25, -0.2) is 8.42 Å². The van der Waals surface area contributed by atoms with Crippen molar-refractivity contribution >= 4 is 37.4 Å². The van der Waals surface area contributed by atoms with E-state index in [9.17, 15) is 13.2 Å². The Balaban J connectivity index is 1.36. The summed E-state index contributed by atoms with van der Waals surface area (Å²) < 4.78 is 39.2. The van der Waals surface area contributed by atoms with Crippen molar-refractivity contribution in [2.24, 2.45) is 5.92 Å². The minimum atomic E-state index is -3.67. The van der Waals surface area contributed by atoms with E-state index >= 15 is 0 Å². The number of amides is 1. The second-order valence-corrected chi connectivity index (χ2v) is 10.5. The van der Waals surface area contributed by atoms with E-state index in [4.69, 9.17) is 9.47 Å². The molecule has 2 heterocycles. The number of nitrogens with zero attached hydrogens (tertiary/aromatic N) is 1. The quantitative estimate of drug-likeness (QED) is 0.565. The van der Waals surface area contributed by atoms with Crippen LogP contribution in [-0.4, -0.2) is 45.9 Å². The van der Waals surface area contributed by atoms with E-state index in [-0.39, 0.29) is 16.7 Å². The Labute approximate surface area is 192 Å². The molecule has 1 aliphatic heterocycles. The highest BCUT2D eigenvalue weighted by molar-refractivity contribution is 7.89. The number of fused-ring (bicyclic) bond motifs is 1. The van der Waals surface area contributed by atoms with Gasteiger partial charge in [-0.2, -0.15) is 4.31 Å². The molecule has 1 aliphatic rings. The Morgan fingerprint density at radius 3 is 2.53 bits per heavy atom. The van der Waals surface area contributed by atoms with E-state index in [0.29, 0.717) is 44.0 Å². The first-order valence-electron chi connectivity index (χ1n) is 10.4. The van der Waals surface area contributed by atoms with Crippen LogP contribution < -0.4 is 14.8 Å². The number of carbonyl (C=O) groups is 1. The number of carbonyl (C=O) groups excluding carboxylic acids is 1. The molecule has 3 aromatic rings. The number of hydrogen-bond donors (Lipinski definition) is 1. The van der Waals surface area contributed by atoms with Gasteiger partial charge in [-0.05, 0) is 47.4 Å². The maximum atomic E-state index is 13.1. The van der Waals surface area contributed by atoms with Crippen LogP contribution in [0.3, 0.4) is 0 Å². The van der Waals surface area contributed by atoms with Gasteiger partial charge in [0.25, 0.3) is 0 Å².